The average Bonchev–Trinajstić information content (AvgIpc) is 2.90. The van der Waals surface area contributed by atoms with Crippen molar-refractivity contribution in [3.05, 3.63) is 117 Å². The van der Waals surface area contributed by atoms with Crippen LogP contribution in [0.5, 0.6) is 0 Å². The number of thiol groups is 1. The maximum absolute atomic E-state index is 13.6. The zero-order valence-corrected chi connectivity index (χ0v) is 23.9. The third-order valence-electron chi connectivity index (χ3n) is 5.81. The summed E-state index contributed by atoms with van der Waals surface area (Å²) < 4.78 is 64.7. The Kier molecular flexibility index (Phi) is 10.0. The molecular formula is C29H25ClF3NO4S2. The molecule has 11 heteroatoms. The lowest BCUT2D eigenvalue weighted by molar-refractivity contribution is -0.137. The van der Waals surface area contributed by atoms with Crippen LogP contribution in [0.15, 0.2) is 94.4 Å². The van der Waals surface area contributed by atoms with Crippen molar-refractivity contribution < 1.29 is 31.2 Å². The molecule has 210 valence electrons. The standard InChI is InChI=1S/C29H25ClF3NO4S2/c1-3-40(37,38)22-13-11-19(12-14-22)16-26(35)34-18(2)15-24(20-7-6-8-21(30)17-20)28(39)27(36)23-9-4-5-10-25(23)29(31,32)33/h4-15,17,39H,3,16H2,1-2H3,(H,34,35)/b18-15+,28-24+. The second kappa shape index (κ2) is 12.9. The average molecular weight is 608 g/mol. The van der Waals surface area contributed by atoms with Gasteiger partial charge in [0.2, 0.25) is 5.91 Å². The van der Waals surface area contributed by atoms with E-state index in [1.807, 2.05) is 0 Å². The summed E-state index contributed by atoms with van der Waals surface area (Å²) in [5.41, 5.74) is -0.253. The van der Waals surface area contributed by atoms with Crippen molar-refractivity contribution in [2.45, 2.75) is 31.3 Å². The smallest absolute Gasteiger partial charge is 0.330 e. The van der Waals surface area contributed by atoms with Crippen LogP contribution in [0.3, 0.4) is 0 Å². The molecule has 0 spiro atoms. The van der Waals surface area contributed by atoms with Gasteiger partial charge >= 0.3 is 6.18 Å². The summed E-state index contributed by atoms with van der Waals surface area (Å²) in [6, 6.07) is 16.7. The van der Waals surface area contributed by atoms with Crippen molar-refractivity contribution in [2.75, 3.05) is 5.75 Å². The molecule has 0 fully saturated rings. The van der Waals surface area contributed by atoms with Gasteiger partial charge in [0, 0.05) is 21.9 Å². The summed E-state index contributed by atoms with van der Waals surface area (Å²) >= 11 is 10.4. The van der Waals surface area contributed by atoms with Crippen LogP contribution in [0.4, 0.5) is 13.2 Å². The number of carbonyl (C=O) groups is 2. The van der Waals surface area contributed by atoms with Gasteiger partial charge in [-0.1, -0.05) is 61.0 Å². The van der Waals surface area contributed by atoms with Crippen molar-refractivity contribution in [3.8, 4) is 0 Å². The van der Waals surface area contributed by atoms with Crippen LogP contribution in [0, 0.1) is 0 Å². The molecule has 0 aliphatic carbocycles. The second-order valence-corrected chi connectivity index (χ2v) is 11.9. The van der Waals surface area contributed by atoms with Gasteiger partial charge in [0.1, 0.15) is 0 Å². The Balaban J connectivity index is 1.94. The molecule has 0 heterocycles. The largest absolute Gasteiger partial charge is 0.417 e. The van der Waals surface area contributed by atoms with Crippen molar-refractivity contribution in [1.82, 2.24) is 5.32 Å². The first kappa shape index (κ1) is 31.2. The molecule has 0 saturated carbocycles. The first-order valence-electron chi connectivity index (χ1n) is 11.9. The molecule has 1 N–H and O–H groups in total. The van der Waals surface area contributed by atoms with Crippen LogP contribution in [-0.4, -0.2) is 25.9 Å². The van der Waals surface area contributed by atoms with Crippen LogP contribution in [0.2, 0.25) is 5.02 Å². The molecule has 0 radical (unpaired) electrons. The Bertz CT molecular complexity index is 1600. The maximum atomic E-state index is 13.6. The van der Waals surface area contributed by atoms with E-state index in [0.717, 1.165) is 12.1 Å². The van der Waals surface area contributed by atoms with E-state index in [0.29, 0.717) is 16.1 Å². The van der Waals surface area contributed by atoms with Gasteiger partial charge in [0.05, 0.1) is 27.5 Å². The van der Waals surface area contributed by atoms with Crippen molar-refractivity contribution in [3.63, 3.8) is 0 Å². The molecule has 0 aliphatic rings. The van der Waals surface area contributed by atoms with E-state index in [1.54, 1.807) is 37.3 Å². The Hall–Kier alpha value is -3.34. The van der Waals surface area contributed by atoms with E-state index in [2.05, 4.69) is 17.9 Å². The Morgan fingerprint density at radius 3 is 2.25 bits per heavy atom. The Morgan fingerprint density at radius 2 is 1.65 bits per heavy atom. The summed E-state index contributed by atoms with van der Waals surface area (Å²) in [5.74, 6) is -1.43. The second-order valence-electron chi connectivity index (χ2n) is 8.74. The summed E-state index contributed by atoms with van der Waals surface area (Å²) in [5, 5.41) is 3.00. The fourth-order valence-electron chi connectivity index (χ4n) is 3.81. The molecule has 0 atom stereocenters. The number of ketones is 1. The van der Waals surface area contributed by atoms with Gasteiger partial charge in [-0.15, -0.1) is 12.6 Å². The molecule has 0 aromatic heterocycles. The van der Waals surface area contributed by atoms with Gasteiger partial charge in [0.15, 0.2) is 15.6 Å². The number of carbonyl (C=O) groups excluding carboxylic acids is 2. The fraction of sp³-hybridized carbons (Fsp3) is 0.172. The summed E-state index contributed by atoms with van der Waals surface area (Å²) in [6.45, 7) is 3.09. The molecule has 3 rings (SSSR count). The number of allylic oxidation sites excluding steroid dienone is 4. The zero-order valence-electron chi connectivity index (χ0n) is 21.4. The highest BCUT2D eigenvalue weighted by Crippen LogP contribution is 2.35. The number of amides is 1. The lowest BCUT2D eigenvalue weighted by Gasteiger charge is -2.14. The van der Waals surface area contributed by atoms with Crippen LogP contribution < -0.4 is 5.32 Å². The summed E-state index contributed by atoms with van der Waals surface area (Å²) in [4.78, 5) is 25.8. The molecule has 0 saturated heterocycles. The maximum Gasteiger partial charge on any atom is 0.417 e. The Morgan fingerprint density at radius 1 is 1.00 bits per heavy atom. The molecule has 40 heavy (non-hydrogen) atoms. The molecule has 3 aromatic carbocycles. The predicted molar refractivity (Wildman–Crippen MR) is 153 cm³/mol. The van der Waals surface area contributed by atoms with E-state index in [1.165, 1.54) is 43.3 Å². The number of benzene rings is 3. The van der Waals surface area contributed by atoms with Gasteiger partial charge < -0.3 is 5.32 Å². The van der Waals surface area contributed by atoms with Crippen LogP contribution in [0.1, 0.15) is 40.9 Å². The van der Waals surface area contributed by atoms with E-state index in [9.17, 15) is 31.2 Å². The molecule has 5 nitrogen and oxygen atoms in total. The number of alkyl halides is 3. The highest BCUT2D eigenvalue weighted by molar-refractivity contribution is 7.91. The topological polar surface area (TPSA) is 80.3 Å². The number of hydrogen-bond acceptors (Lipinski definition) is 5. The van der Waals surface area contributed by atoms with Gasteiger partial charge in [-0.3, -0.25) is 9.59 Å². The predicted octanol–water partition coefficient (Wildman–Crippen LogP) is 6.94. The number of hydrogen-bond donors (Lipinski definition) is 2. The Labute approximate surface area is 241 Å². The minimum absolute atomic E-state index is 0.0449. The van der Waals surface area contributed by atoms with Crippen LogP contribution in [0.25, 0.3) is 5.57 Å². The number of Topliss-reactive ketones (excluding diaryl/α,β-unsaturated/α-hetero) is 1. The third-order valence-corrected chi connectivity index (χ3v) is 8.24. The quantitative estimate of drug-likeness (QED) is 0.120. The SMILES string of the molecule is CCS(=O)(=O)c1ccc(CC(=O)N/C(C)=C/C(=C(\S)C(=O)c2ccccc2C(F)(F)F)c2cccc(Cl)c2)cc1. The summed E-state index contributed by atoms with van der Waals surface area (Å²) in [6.07, 6.45) is -3.40. The minimum Gasteiger partial charge on any atom is -0.330 e. The molecule has 3 aromatic rings. The third kappa shape index (κ3) is 7.87. The molecule has 1 amide bonds. The van der Waals surface area contributed by atoms with E-state index in [-0.39, 0.29) is 33.2 Å². The lowest BCUT2D eigenvalue weighted by atomic mass is 9.97. The van der Waals surface area contributed by atoms with Crippen LogP contribution >= 0.6 is 24.2 Å². The van der Waals surface area contributed by atoms with Crippen molar-refractivity contribution in [2.24, 2.45) is 0 Å². The normalized spacial score (nSPS) is 13.0. The van der Waals surface area contributed by atoms with Crippen LogP contribution in [-0.2, 0) is 27.2 Å². The van der Waals surface area contributed by atoms with E-state index in [4.69, 9.17) is 11.6 Å². The zero-order chi connectivity index (χ0) is 29.7. The summed E-state index contributed by atoms with van der Waals surface area (Å²) in [7, 11) is -3.37. The van der Waals surface area contributed by atoms with Crippen molar-refractivity contribution >= 4 is 51.3 Å². The lowest BCUT2D eigenvalue weighted by Crippen LogP contribution is -2.23. The minimum atomic E-state index is -4.75. The van der Waals surface area contributed by atoms with Crippen molar-refractivity contribution in [1.29, 1.82) is 0 Å². The molecule has 0 bridgehead atoms. The first-order valence-corrected chi connectivity index (χ1v) is 14.4. The van der Waals surface area contributed by atoms with Gasteiger partial charge in [0.25, 0.3) is 0 Å². The van der Waals surface area contributed by atoms with Gasteiger partial charge in [-0.05, 0) is 54.5 Å². The number of nitrogens with one attached hydrogen (secondary N) is 1. The van der Waals surface area contributed by atoms with Gasteiger partial charge in [-0.2, -0.15) is 13.2 Å². The monoisotopic (exact) mass is 607 g/mol. The highest BCUT2D eigenvalue weighted by Gasteiger charge is 2.35. The number of rotatable bonds is 9. The number of halogens is 4. The first-order chi connectivity index (χ1) is 18.7. The molecule has 0 unspecified atom stereocenters. The highest BCUT2D eigenvalue weighted by atomic mass is 35.5. The van der Waals surface area contributed by atoms with E-state index < -0.39 is 38.8 Å². The van der Waals surface area contributed by atoms with Gasteiger partial charge in [-0.25, -0.2) is 8.42 Å². The fourth-order valence-corrected chi connectivity index (χ4v) is 5.19. The molecule has 0 aliphatic heterocycles. The molecular weight excluding hydrogens is 583 g/mol. The van der Waals surface area contributed by atoms with E-state index >= 15 is 0 Å². The number of sulfone groups is 1.